The molecule has 13 heavy (non-hydrogen) atoms. The molecule has 2 unspecified atom stereocenters. The average molecular weight is 182 g/mol. The molecule has 1 N–H and O–H groups in total. The third-order valence-electron chi connectivity index (χ3n) is 2.47. The number of aliphatic hydroxyl groups excluding tert-OH is 1. The summed E-state index contributed by atoms with van der Waals surface area (Å²) in [5.74, 6) is 0.0891. The van der Waals surface area contributed by atoms with E-state index < -0.39 is 0 Å². The van der Waals surface area contributed by atoms with Crippen LogP contribution in [0.25, 0.3) is 0 Å². The molecule has 2 atom stereocenters. The van der Waals surface area contributed by atoms with Gasteiger partial charge in [-0.15, -0.1) is 0 Å². The Morgan fingerprint density at radius 3 is 2.85 bits per heavy atom. The van der Waals surface area contributed by atoms with Crippen LogP contribution in [0.2, 0.25) is 0 Å². The Hall–Kier alpha value is -0.870. The van der Waals surface area contributed by atoms with E-state index in [1.54, 1.807) is 0 Å². The first-order valence-corrected chi connectivity index (χ1v) is 4.45. The highest BCUT2D eigenvalue weighted by atomic mass is 16.5. The number of hydrogen-bond donors (Lipinski definition) is 1. The van der Waals surface area contributed by atoms with Crippen molar-refractivity contribution < 1.29 is 9.84 Å². The van der Waals surface area contributed by atoms with Crippen LogP contribution >= 0.6 is 0 Å². The molecule has 72 valence electrons. The molecule has 0 aromatic carbocycles. The molecule has 2 heterocycles. The van der Waals surface area contributed by atoms with Crippen LogP contribution in [0.5, 0.6) is 0 Å². The van der Waals surface area contributed by atoms with Crippen LogP contribution in [0.3, 0.4) is 0 Å². The Kier molecular flexibility index (Phi) is 2.09. The number of aromatic nitrogens is 2. The van der Waals surface area contributed by atoms with Gasteiger partial charge in [0.05, 0.1) is 30.9 Å². The van der Waals surface area contributed by atoms with E-state index in [1.807, 2.05) is 24.7 Å². The Bertz CT molecular complexity index is 309. The summed E-state index contributed by atoms with van der Waals surface area (Å²) in [6.07, 6.45) is -0.380. The van der Waals surface area contributed by atoms with Crippen LogP contribution < -0.4 is 0 Å². The molecule has 1 fully saturated rings. The minimum atomic E-state index is -0.380. The second-order valence-electron chi connectivity index (χ2n) is 3.55. The molecular formula is C9H14N2O2. The van der Waals surface area contributed by atoms with Gasteiger partial charge in [-0.05, 0) is 13.0 Å². The van der Waals surface area contributed by atoms with Gasteiger partial charge in [-0.2, -0.15) is 5.10 Å². The van der Waals surface area contributed by atoms with Gasteiger partial charge in [-0.3, -0.25) is 4.68 Å². The van der Waals surface area contributed by atoms with Crippen molar-refractivity contribution in [3.05, 3.63) is 17.5 Å². The Labute approximate surface area is 77.1 Å². The number of aryl methyl sites for hydroxylation is 2. The van der Waals surface area contributed by atoms with Crippen LogP contribution in [0.4, 0.5) is 0 Å². The fraction of sp³-hybridized carbons (Fsp3) is 0.667. The molecule has 1 aromatic heterocycles. The first-order valence-electron chi connectivity index (χ1n) is 4.45. The van der Waals surface area contributed by atoms with Gasteiger partial charge in [0, 0.05) is 12.7 Å². The Morgan fingerprint density at radius 1 is 1.62 bits per heavy atom. The van der Waals surface area contributed by atoms with E-state index in [9.17, 15) is 5.11 Å². The summed E-state index contributed by atoms with van der Waals surface area (Å²) in [6, 6.07) is 2.00. The Balaban J connectivity index is 2.28. The lowest BCUT2D eigenvalue weighted by molar-refractivity contribution is 0.124. The van der Waals surface area contributed by atoms with Crippen LogP contribution in [0.1, 0.15) is 17.3 Å². The fourth-order valence-corrected chi connectivity index (χ4v) is 1.80. The summed E-state index contributed by atoms with van der Waals surface area (Å²) < 4.78 is 7.01. The molecule has 0 spiro atoms. The molecule has 0 aliphatic carbocycles. The molecule has 4 heteroatoms. The normalized spacial score (nSPS) is 28.2. The predicted octanol–water partition coefficient (Wildman–Crippen LogP) is 0.203. The van der Waals surface area contributed by atoms with Crippen LogP contribution in [-0.2, 0) is 11.8 Å². The topological polar surface area (TPSA) is 47.3 Å². The summed E-state index contributed by atoms with van der Waals surface area (Å²) in [7, 11) is 1.90. The number of hydrogen-bond acceptors (Lipinski definition) is 3. The summed E-state index contributed by atoms with van der Waals surface area (Å²) in [5.41, 5.74) is 2.04. The maximum absolute atomic E-state index is 9.61. The quantitative estimate of drug-likeness (QED) is 0.675. The summed E-state index contributed by atoms with van der Waals surface area (Å²) in [6.45, 7) is 2.99. The molecule has 0 radical (unpaired) electrons. The average Bonchev–Trinajstić information content (AvgIpc) is 2.58. The first-order chi connectivity index (χ1) is 6.18. The van der Waals surface area contributed by atoms with Gasteiger partial charge in [0.25, 0.3) is 0 Å². The van der Waals surface area contributed by atoms with E-state index >= 15 is 0 Å². The van der Waals surface area contributed by atoms with E-state index in [0.717, 1.165) is 11.4 Å². The lowest BCUT2D eigenvalue weighted by Crippen LogP contribution is -2.18. The molecule has 0 bridgehead atoms. The molecular weight excluding hydrogens is 168 g/mol. The van der Waals surface area contributed by atoms with Crippen molar-refractivity contribution in [3.63, 3.8) is 0 Å². The van der Waals surface area contributed by atoms with Crippen molar-refractivity contribution in [1.82, 2.24) is 9.78 Å². The van der Waals surface area contributed by atoms with E-state index in [-0.39, 0.29) is 12.0 Å². The smallest absolute Gasteiger partial charge is 0.0879 e. The second-order valence-corrected chi connectivity index (χ2v) is 3.55. The van der Waals surface area contributed by atoms with E-state index in [4.69, 9.17) is 4.74 Å². The van der Waals surface area contributed by atoms with Crippen molar-refractivity contribution in [2.24, 2.45) is 7.05 Å². The molecule has 1 aliphatic rings. The summed E-state index contributed by atoms with van der Waals surface area (Å²) >= 11 is 0. The highest BCUT2D eigenvalue weighted by Gasteiger charge is 2.29. The third-order valence-corrected chi connectivity index (χ3v) is 2.47. The minimum absolute atomic E-state index is 0.0891. The van der Waals surface area contributed by atoms with Gasteiger partial charge in [0.15, 0.2) is 0 Å². The number of aliphatic hydroxyl groups is 1. The van der Waals surface area contributed by atoms with Crippen LogP contribution in [0, 0.1) is 6.92 Å². The maximum atomic E-state index is 9.61. The molecule has 1 saturated heterocycles. The van der Waals surface area contributed by atoms with Crippen molar-refractivity contribution in [2.75, 3.05) is 13.2 Å². The minimum Gasteiger partial charge on any atom is -0.390 e. The lowest BCUT2D eigenvalue weighted by atomic mass is 10.0. The van der Waals surface area contributed by atoms with Gasteiger partial charge in [-0.25, -0.2) is 0 Å². The molecule has 2 rings (SSSR count). The lowest BCUT2D eigenvalue weighted by Gasteiger charge is -2.11. The molecule has 1 aliphatic heterocycles. The van der Waals surface area contributed by atoms with Crippen molar-refractivity contribution in [1.29, 1.82) is 0 Å². The number of ether oxygens (including phenoxy) is 1. The van der Waals surface area contributed by atoms with Gasteiger partial charge in [0.2, 0.25) is 0 Å². The fourth-order valence-electron chi connectivity index (χ4n) is 1.80. The number of nitrogens with zero attached hydrogens (tertiary/aromatic N) is 2. The second kappa shape index (κ2) is 3.12. The van der Waals surface area contributed by atoms with Gasteiger partial charge in [-0.1, -0.05) is 0 Å². The standard InChI is InChI=1S/C9H14N2O2/c1-6-3-8(11(2)10-6)7-4-13-5-9(7)12/h3,7,9,12H,4-5H2,1-2H3. The Morgan fingerprint density at radius 2 is 2.38 bits per heavy atom. The van der Waals surface area contributed by atoms with Gasteiger partial charge in [0.1, 0.15) is 0 Å². The van der Waals surface area contributed by atoms with E-state index in [1.165, 1.54) is 0 Å². The van der Waals surface area contributed by atoms with Crippen LogP contribution in [0.15, 0.2) is 6.07 Å². The maximum Gasteiger partial charge on any atom is 0.0879 e. The zero-order valence-electron chi connectivity index (χ0n) is 7.90. The molecule has 4 nitrogen and oxygen atoms in total. The zero-order chi connectivity index (χ0) is 9.42. The van der Waals surface area contributed by atoms with Crippen molar-refractivity contribution in [3.8, 4) is 0 Å². The van der Waals surface area contributed by atoms with E-state index in [2.05, 4.69) is 5.10 Å². The molecule has 0 amide bonds. The first kappa shape index (κ1) is 8.72. The monoisotopic (exact) mass is 182 g/mol. The zero-order valence-corrected chi connectivity index (χ0v) is 7.90. The molecule has 0 saturated carbocycles. The van der Waals surface area contributed by atoms with Gasteiger partial charge < -0.3 is 9.84 Å². The van der Waals surface area contributed by atoms with E-state index in [0.29, 0.717) is 13.2 Å². The van der Waals surface area contributed by atoms with Crippen molar-refractivity contribution >= 4 is 0 Å². The largest absolute Gasteiger partial charge is 0.390 e. The number of rotatable bonds is 1. The predicted molar refractivity (Wildman–Crippen MR) is 47.5 cm³/mol. The molecule has 1 aromatic rings. The summed E-state index contributed by atoms with van der Waals surface area (Å²) in [5, 5.41) is 13.9. The van der Waals surface area contributed by atoms with Crippen molar-refractivity contribution in [2.45, 2.75) is 18.9 Å². The highest BCUT2D eigenvalue weighted by Crippen LogP contribution is 2.25. The van der Waals surface area contributed by atoms with Gasteiger partial charge >= 0.3 is 0 Å². The highest BCUT2D eigenvalue weighted by molar-refractivity contribution is 5.16. The van der Waals surface area contributed by atoms with Crippen LogP contribution in [-0.4, -0.2) is 34.2 Å². The SMILES string of the molecule is Cc1cc(C2COCC2O)n(C)n1. The summed E-state index contributed by atoms with van der Waals surface area (Å²) in [4.78, 5) is 0. The third kappa shape index (κ3) is 1.47.